The van der Waals surface area contributed by atoms with E-state index in [9.17, 15) is 0 Å². The zero-order chi connectivity index (χ0) is 29.4. The van der Waals surface area contributed by atoms with E-state index in [4.69, 9.17) is 0 Å². The van der Waals surface area contributed by atoms with Crippen LogP contribution in [0.2, 0.25) is 0 Å². The maximum absolute atomic E-state index is 2.99. The summed E-state index contributed by atoms with van der Waals surface area (Å²) in [5.74, 6) is 0. The van der Waals surface area contributed by atoms with Crippen molar-refractivity contribution in [2.45, 2.75) is 6.42 Å². The first-order chi connectivity index (χ1) is 21.4. The Labute approximate surface area is 315 Å². The van der Waals surface area contributed by atoms with Crippen molar-refractivity contribution in [3.05, 3.63) is 206 Å². The number of halogens is 3. The van der Waals surface area contributed by atoms with Gasteiger partial charge in [-0.25, -0.2) is 12.2 Å². The van der Waals surface area contributed by atoms with Crippen molar-refractivity contribution in [3.63, 3.8) is 0 Å². The number of allylic oxidation sites excluding steroid dienone is 4. The molecule has 0 radical (unpaired) electrons. The summed E-state index contributed by atoms with van der Waals surface area (Å²) >= 11 is 0. The quantitative estimate of drug-likeness (QED) is 0.118. The molecule has 1 aliphatic rings. The molecule has 0 aromatic heterocycles. The fraction of sp³-hybridized carbons (Fsp3) is 0.0244. The van der Waals surface area contributed by atoms with Crippen LogP contribution in [0.3, 0.4) is 0 Å². The third-order valence-electron chi connectivity index (χ3n) is 6.67. The molecule has 6 aromatic rings. The van der Waals surface area contributed by atoms with Gasteiger partial charge in [-0.1, -0.05) is 182 Å². The van der Waals surface area contributed by atoms with Gasteiger partial charge in [0.05, 0.1) is 0 Å². The van der Waals surface area contributed by atoms with E-state index in [1.54, 1.807) is 0 Å². The van der Waals surface area contributed by atoms with Crippen molar-refractivity contribution >= 4 is 47.7 Å². The molecule has 7 rings (SSSR count). The topological polar surface area (TPSA) is 0 Å². The predicted octanol–water partition coefficient (Wildman–Crippen LogP) is -0.795. The summed E-state index contributed by atoms with van der Waals surface area (Å²) in [5.41, 5.74) is 0. The zero-order valence-electron chi connectivity index (χ0n) is 25.6. The van der Waals surface area contributed by atoms with E-state index < -0.39 is 15.8 Å². The van der Waals surface area contributed by atoms with Crippen LogP contribution in [-0.4, -0.2) is 0 Å². The van der Waals surface area contributed by atoms with E-state index >= 15 is 0 Å². The van der Waals surface area contributed by atoms with Crippen LogP contribution in [0.25, 0.3) is 0 Å². The summed E-state index contributed by atoms with van der Waals surface area (Å²) in [4.78, 5) is 0. The van der Waals surface area contributed by atoms with E-state index in [2.05, 4.69) is 194 Å². The molecule has 0 unspecified atom stereocenters. The first-order valence-electron chi connectivity index (χ1n) is 14.5. The minimum atomic E-state index is -0.446. The first-order valence-corrected chi connectivity index (χ1v) is 17.2. The Kier molecular flexibility index (Phi) is 21.8. The second-order valence-corrected chi connectivity index (χ2v) is 14.1. The van der Waals surface area contributed by atoms with Crippen LogP contribution in [0, 0.1) is 6.08 Å². The third kappa shape index (κ3) is 13.3. The van der Waals surface area contributed by atoms with Crippen LogP contribution >= 0.6 is 15.8 Å². The molecular weight excluding hydrogens is 762 g/mol. The average molecular weight is 797 g/mol. The van der Waals surface area contributed by atoms with E-state index in [0.29, 0.717) is 0 Å². The molecule has 0 amide bonds. The molecule has 47 heavy (non-hydrogen) atoms. The van der Waals surface area contributed by atoms with Gasteiger partial charge in [0.15, 0.2) is 0 Å². The monoisotopic (exact) mass is 796 g/mol. The predicted molar refractivity (Wildman–Crippen MR) is 192 cm³/mol. The number of benzene rings is 6. The van der Waals surface area contributed by atoms with Crippen molar-refractivity contribution < 1.29 is 56.7 Å². The van der Waals surface area contributed by atoms with Crippen LogP contribution < -0.4 is 69.0 Å². The second-order valence-electron chi connectivity index (χ2n) is 9.69. The van der Waals surface area contributed by atoms with Crippen LogP contribution in [0.4, 0.5) is 0 Å². The smallest absolute Gasteiger partial charge is 1.00 e. The molecule has 0 bridgehead atoms. The van der Waals surface area contributed by atoms with Crippen LogP contribution in [0.5, 0.6) is 0 Å². The van der Waals surface area contributed by atoms with Gasteiger partial charge in [0, 0.05) is 0 Å². The standard InChI is InChI=1S/2C18H15P.C5H5.3ClH.Ru/c2*1-4-10-16(11-5-1)19(17-12-6-2-7-13-17)18-14-8-3-9-15-18;1-2-4-5-3-1;;;;/h2*1-15H;1-3H,4H2;3*1H;/q;;-1;;;;+4/p-3. The molecule has 6 aromatic carbocycles. The molecule has 238 valence electrons. The van der Waals surface area contributed by atoms with Gasteiger partial charge in [0.25, 0.3) is 0 Å². The van der Waals surface area contributed by atoms with Crippen LogP contribution in [0.1, 0.15) is 6.42 Å². The summed E-state index contributed by atoms with van der Waals surface area (Å²) in [7, 11) is -0.892. The normalized spacial score (nSPS) is 10.4. The van der Waals surface area contributed by atoms with Gasteiger partial charge >= 0.3 is 19.5 Å². The van der Waals surface area contributed by atoms with Gasteiger partial charge in [-0.2, -0.15) is 6.08 Å². The SMILES string of the molecule is [C-]1=CC=CC1.[Cl-].[Cl-].[Cl-].[Ru+4].c1ccc(P(c2ccccc2)c2ccccc2)cc1.c1ccc(P(c2ccccc2)c2ccccc2)cc1. The van der Waals surface area contributed by atoms with Crippen LogP contribution in [0.15, 0.2) is 200 Å². The number of hydrogen-bond donors (Lipinski definition) is 0. The molecule has 0 N–H and O–H groups in total. The van der Waals surface area contributed by atoms with Gasteiger partial charge in [0.2, 0.25) is 0 Å². The molecule has 6 heteroatoms. The van der Waals surface area contributed by atoms with E-state index in [-0.39, 0.29) is 56.7 Å². The van der Waals surface area contributed by atoms with Gasteiger partial charge in [-0.05, 0) is 47.7 Å². The Morgan fingerprint density at radius 3 is 0.681 bits per heavy atom. The first kappa shape index (κ1) is 42.2. The van der Waals surface area contributed by atoms with E-state index in [1.807, 2.05) is 12.2 Å². The number of hydrogen-bond acceptors (Lipinski definition) is 0. The molecule has 0 atom stereocenters. The summed E-state index contributed by atoms with van der Waals surface area (Å²) in [5, 5.41) is 8.39. The van der Waals surface area contributed by atoms with Crippen molar-refractivity contribution in [2.24, 2.45) is 0 Å². The van der Waals surface area contributed by atoms with Crippen molar-refractivity contribution in [1.82, 2.24) is 0 Å². The molecule has 0 aliphatic heterocycles. The fourth-order valence-electron chi connectivity index (χ4n) is 4.70. The van der Waals surface area contributed by atoms with Crippen LogP contribution in [-0.2, 0) is 19.5 Å². The third-order valence-corrected chi connectivity index (χ3v) is 11.6. The maximum Gasteiger partial charge on any atom is 4.00 e. The summed E-state index contributed by atoms with van der Waals surface area (Å²) < 4.78 is 0. The van der Waals surface area contributed by atoms with Crippen molar-refractivity contribution in [2.75, 3.05) is 0 Å². The van der Waals surface area contributed by atoms with Gasteiger partial charge < -0.3 is 37.2 Å². The van der Waals surface area contributed by atoms with E-state index in [1.165, 1.54) is 31.8 Å². The van der Waals surface area contributed by atoms with Crippen molar-refractivity contribution in [1.29, 1.82) is 0 Å². The Morgan fingerprint density at radius 2 is 0.553 bits per heavy atom. The molecule has 0 saturated heterocycles. The van der Waals surface area contributed by atoms with Gasteiger partial charge in [0.1, 0.15) is 0 Å². The molecule has 0 nitrogen and oxygen atoms in total. The summed E-state index contributed by atoms with van der Waals surface area (Å²) in [6, 6.07) is 64.7. The molecule has 0 saturated carbocycles. The molecular formula is C41H35Cl3P2Ru. The molecule has 1 aliphatic carbocycles. The summed E-state index contributed by atoms with van der Waals surface area (Å²) in [6.45, 7) is 0. The van der Waals surface area contributed by atoms with E-state index in [0.717, 1.165) is 6.42 Å². The van der Waals surface area contributed by atoms with Crippen molar-refractivity contribution in [3.8, 4) is 0 Å². The molecule has 0 heterocycles. The molecule has 0 fully saturated rings. The molecule has 0 spiro atoms. The maximum atomic E-state index is 2.99. The minimum Gasteiger partial charge on any atom is -1.00 e. The second kappa shape index (κ2) is 24.3. The summed E-state index contributed by atoms with van der Waals surface area (Å²) in [6.07, 6.45) is 10.0. The fourth-order valence-corrected chi connectivity index (χ4v) is 9.31. The van der Waals surface area contributed by atoms with Gasteiger partial charge in [-0.3, -0.25) is 6.08 Å². The zero-order valence-corrected chi connectivity index (χ0v) is 31.4. The Bertz CT molecular complexity index is 1360. The largest absolute Gasteiger partial charge is 4.00 e. The number of rotatable bonds is 6. The minimum absolute atomic E-state index is 0. The van der Waals surface area contributed by atoms with Gasteiger partial charge in [-0.15, -0.1) is 6.42 Å². The Balaban J connectivity index is 0.000000380. The Hall–Kier alpha value is -2.85. The average Bonchev–Trinajstić information content (AvgIpc) is 3.69. The Morgan fingerprint density at radius 1 is 0.340 bits per heavy atom.